The largest absolute Gasteiger partial charge is 0.456 e. The van der Waals surface area contributed by atoms with Crippen molar-refractivity contribution in [1.82, 2.24) is 9.55 Å². The molecular formula is C45H28N2O. The van der Waals surface area contributed by atoms with Crippen LogP contribution in [0.15, 0.2) is 174 Å². The van der Waals surface area contributed by atoms with Gasteiger partial charge in [-0.1, -0.05) is 140 Å². The van der Waals surface area contributed by atoms with Crippen LogP contribution in [0.4, 0.5) is 0 Å². The molecule has 0 radical (unpaired) electrons. The number of nitrogens with zero attached hydrogens (tertiary/aromatic N) is 2. The Labute approximate surface area is 277 Å². The Morgan fingerprint density at radius 1 is 0.438 bits per heavy atom. The van der Waals surface area contributed by atoms with Gasteiger partial charge in [0.1, 0.15) is 17.0 Å². The molecule has 224 valence electrons. The average molecular weight is 613 g/mol. The molecule has 0 bridgehead atoms. The monoisotopic (exact) mass is 612 g/mol. The Kier molecular flexibility index (Phi) is 5.87. The van der Waals surface area contributed by atoms with Crippen LogP contribution < -0.4 is 0 Å². The van der Waals surface area contributed by atoms with Crippen molar-refractivity contribution in [1.29, 1.82) is 0 Å². The fourth-order valence-electron chi connectivity index (χ4n) is 7.51. The molecule has 48 heavy (non-hydrogen) atoms. The maximum Gasteiger partial charge on any atom is 0.145 e. The van der Waals surface area contributed by atoms with Crippen LogP contribution in [-0.2, 0) is 0 Å². The predicted molar refractivity (Wildman–Crippen MR) is 200 cm³/mol. The van der Waals surface area contributed by atoms with E-state index in [9.17, 15) is 0 Å². The summed E-state index contributed by atoms with van der Waals surface area (Å²) in [5, 5.41) is 6.94. The minimum atomic E-state index is 0.890. The minimum Gasteiger partial charge on any atom is -0.456 e. The van der Waals surface area contributed by atoms with Crippen LogP contribution in [0.3, 0.4) is 0 Å². The van der Waals surface area contributed by atoms with Gasteiger partial charge in [-0.15, -0.1) is 0 Å². The number of para-hydroxylation sites is 3. The van der Waals surface area contributed by atoms with Gasteiger partial charge in [0.05, 0.1) is 16.7 Å². The fourth-order valence-corrected chi connectivity index (χ4v) is 7.51. The van der Waals surface area contributed by atoms with Gasteiger partial charge in [0.15, 0.2) is 0 Å². The molecule has 0 unspecified atom stereocenters. The zero-order valence-corrected chi connectivity index (χ0v) is 26.0. The lowest BCUT2D eigenvalue weighted by molar-refractivity contribution is 0.669. The molecule has 0 fully saturated rings. The summed E-state index contributed by atoms with van der Waals surface area (Å²) in [5.41, 5.74) is 10.7. The predicted octanol–water partition coefficient (Wildman–Crippen LogP) is 12.2. The standard InChI is InChI=1S/C45H28N2O/c1-3-14-29(15-4-1)31-26-27-34-37(28-31)42(36-21-13-25-41-43(36)35-20-9-12-24-40(35)48-41)32-18-7-8-19-33(32)44(34)47-39-23-11-10-22-38(39)46-45(47)30-16-5-2-6-17-30/h1-28H. The molecule has 10 rings (SSSR count). The molecular weight excluding hydrogens is 585 g/mol. The van der Waals surface area contributed by atoms with Gasteiger partial charge in [-0.25, -0.2) is 4.98 Å². The second-order valence-corrected chi connectivity index (χ2v) is 12.3. The lowest BCUT2D eigenvalue weighted by Gasteiger charge is -2.21. The molecule has 0 saturated carbocycles. The van der Waals surface area contributed by atoms with E-state index in [2.05, 4.69) is 168 Å². The van der Waals surface area contributed by atoms with Gasteiger partial charge in [-0.3, -0.25) is 4.57 Å². The molecule has 0 atom stereocenters. The van der Waals surface area contributed by atoms with Crippen LogP contribution in [0.1, 0.15) is 0 Å². The summed E-state index contributed by atoms with van der Waals surface area (Å²) < 4.78 is 8.79. The van der Waals surface area contributed by atoms with E-state index >= 15 is 0 Å². The van der Waals surface area contributed by atoms with E-state index in [1.165, 1.54) is 27.5 Å². The third-order valence-corrected chi connectivity index (χ3v) is 9.59. The lowest BCUT2D eigenvalue weighted by Crippen LogP contribution is -2.02. The number of furan rings is 1. The highest BCUT2D eigenvalue weighted by molar-refractivity contribution is 6.24. The van der Waals surface area contributed by atoms with Crippen LogP contribution in [0.2, 0.25) is 0 Å². The number of imidazole rings is 1. The van der Waals surface area contributed by atoms with Crippen molar-refractivity contribution < 1.29 is 4.42 Å². The van der Waals surface area contributed by atoms with E-state index in [0.29, 0.717) is 0 Å². The second-order valence-electron chi connectivity index (χ2n) is 12.3. The van der Waals surface area contributed by atoms with E-state index in [4.69, 9.17) is 9.40 Å². The van der Waals surface area contributed by atoms with Crippen molar-refractivity contribution in [2.45, 2.75) is 0 Å². The molecule has 0 amide bonds. The van der Waals surface area contributed by atoms with Crippen molar-refractivity contribution in [2.75, 3.05) is 0 Å². The van der Waals surface area contributed by atoms with Gasteiger partial charge >= 0.3 is 0 Å². The number of aromatic nitrogens is 2. The summed E-state index contributed by atoms with van der Waals surface area (Å²) >= 11 is 0. The van der Waals surface area contributed by atoms with Crippen LogP contribution in [-0.4, -0.2) is 9.55 Å². The number of hydrogen-bond donors (Lipinski definition) is 0. The van der Waals surface area contributed by atoms with Crippen molar-refractivity contribution >= 4 is 54.5 Å². The number of rotatable bonds is 4. The van der Waals surface area contributed by atoms with E-state index in [-0.39, 0.29) is 0 Å². The zero-order valence-electron chi connectivity index (χ0n) is 26.0. The van der Waals surface area contributed by atoms with Crippen LogP contribution >= 0.6 is 0 Å². The van der Waals surface area contributed by atoms with Crippen molar-refractivity contribution in [3.05, 3.63) is 170 Å². The van der Waals surface area contributed by atoms with Gasteiger partial charge in [0, 0.05) is 27.1 Å². The third kappa shape index (κ3) is 3.98. The van der Waals surface area contributed by atoms with Gasteiger partial charge in [-0.05, 0) is 63.4 Å². The molecule has 0 saturated heterocycles. The molecule has 0 aliphatic carbocycles. The van der Waals surface area contributed by atoms with Crippen LogP contribution in [0.5, 0.6) is 0 Å². The summed E-state index contributed by atoms with van der Waals surface area (Å²) in [7, 11) is 0. The van der Waals surface area contributed by atoms with Crippen molar-refractivity contribution in [3.8, 4) is 39.3 Å². The summed E-state index contributed by atoms with van der Waals surface area (Å²) in [4.78, 5) is 5.24. The zero-order chi connectivity index (χ0) is 31.6. The highest BCUT2D eigenvalue weighted by Crippen LogP contribution is 2.47. The molecule has 0 N–H and O–H groups in total. The smallest absolute Gasteiger partial charge is 0.145 e. The Morgan fingerprint density at radius 3 is 1.92 bits per heavy atom. The Hall–Kier alpha value is -6.45. The maximum atomic E-state index is 6.41. The topological polar surface area (TPSA) is 31.0 Å². The van der Waals surface area contributed by atoms with E-state index in [1.54, 1.807) is 0 Å². The fraction of sp³-hybridized carbons (Fsp3) is 0. The van der Waals surface area contributed by atoms with Gasteiger partial charge in [0.25, 0.3) is 0 Å². The van der Waals surface area contributed by atoms with Crippen LogP contribution in [0, 0.1) is 0 Å². The summed E-state index contributed by atoms with van der Waals surface area (Å²) in [6.07, 6.45) is 0. The first-order valence-electron chi connectivity index (χ1n) is 16.3. The quantitative estimate of drug-likeness (QED) is 0.185. The minimum absolute atomic E-state index is 0.890. The molecule has 2 heterocycles. The Balaban J connectivity index is 1.41. The average Bonchev–Trinajstić information content (AvgIpc) is 3.73. The summed E-state index contributed by atoms with van der Waals surface area (Å²) in [5.74, 6) is 0.922. The maximum absolute atomic E-state index is 6.41. The Morgan fingerprint density at radius 2 is 1.08 bits per heavy atom. The van der Waals surface area contributed by atoms with Crippen molar-refractivity contribution in [2.24, 2.45) is 0 Å². The van der Waals surface area contributed by atoms with E-state index < -0.39 is 0 Å². The van der Waals surface area contributed by atoms with Gasteiger partial charge in [-0.2, -0.15) is 0 Å². The molecule has 8 aromatic carbocycles. The normalized spacial score (nSPS) is 11.8. The third-order valence-electron chi connectivity index (χ3n) is 9.59. The lowest BCUT2D eigenvalue weighted by atomic mass is 9.87. The molecule has 0 spiro atoms. The second kappa shape index (κ2) is 10.5. The van der Waals surface area contributed by atoms with E-state index in [1.807, 2.05) is 6.07 Å². The molecule has 0 aliphatic heterocycles. The first-order valence-corrected chi connectivity index (χ1v) is 16.3. The SMILES string of the molecule is c1ccc(-c2ccc3c(-n4c(-c5ccccc5)nc5ccccc54)c4ccccc4c(-c4cccc5oc6ccccc6c45)c3c2)cc1. The molecule has 2 aromatic heterocycles. The first-order chi connectivity index (χ1) is 23.8. The highest BCUT2D eigenvalue weighted by atomic mass is 16.3. The molecule has 3 heteroatoms. The highest BCUT2D eigenvalue weighted by Gasteiger charge is 2.23. The summed E-state index contributed by atoms with van der Waals surface area (Å²) in [6.45, 7) is 0. The van der Waals surface area contributed by atoms with E-state index in [0.717, 1.165) is 66.4 Å². The summed E-state index contributed by atoms with van der Waals surface area (Å²) in [6, 6.07) is 60.2. The number of hydrogen-bond acceptors (Lipinski definition) is 2. The molecule has 3 nitrogen and oxygen atoms in total. The Bertz CT molecular complexity index is 2830. The number of benzene rings is 8. The van der Waals surface area contributed by atoms with Crippen molar-refractivity contribution in [3.63, 3.8) is 0 Å². The number of fused-ring (bicyclic) bond motifs is 6. The van der Waals surface area contributed by atoms with Crippen LogP contribution in [0.25, 0.3) is 93.8 Å². The first kappa shape index (κ1) is 26.7. The van der Waals surface area contributed by atoms with Gasteiger partial charge in [0.2, 0.25) is 0 Å². The molecule has 0 aliphatic rings. The van der Waals surface area contributed by atoms with Gasteiger partial charge < -0.3 is 4.42 Å². The molecule has 10 aromatic rings.